The third kappa shape index (κ3) is 6.50. The highest BCUT2D eigenvalue weighted by Crippen LogP contribution is 2.32. The zero-order chi connectivity index (χ0) is 21.4. The number of para-hydroxylation sites is 1. The van der Waals surface area contributed by atoms with E-state index in [1.54, 1.807) is 13.2 Å². The molecule has 1 N–H and O–H groups in total. The van der Waals surface area contributed by atoms with Crippen molar-refractivity contribution in [1.82, 2.24) is 5.32 Å². The molecule has 5 heteroatoms. The Kier molecular flexibility index (Phi) is 8.09. The lowest BCUT2D eigenvalue weighted by molar-refractivity contribution is 0.0905. The fourth-order valence-corrected chi connectivity index (χ4v) is 3.10. The van der Waals surface area contributed by atoms with E-state index < -0.39 is 0 Å². The van der Waals surface area contributed by atoms with Crippen molar-refractivity contribution >= 4 is 5.91 Å². The first-order valence-electron chi connectivity index (χ1n) is 10.0. The van der Waals surface area contributed by atoms with Gasteiger partial charge < -0.3 is 19.5 Å². The second-order valence-electron chi connectivity index (χ2n) is 8.12. The first-order chi connectivity index (χ1) is 13.8. The molecule has 1 atom stereocenters. The molecule has 0 heterocycles. The number of carbonyl (C=O) groups excluding carboxylic acids is 1. The molecular weight excluding hydrogens is 366 g/mol. The van der Waals surface area contributed by atoms with Gasteiger partial charge in [-0.1, -0.05) is 39.0 Å². The number of methoxy groups -OCH3 is 1. The van der Waals surface area contributed by atoms with Gasteiger partial charge in [-0.2, -0.15) is 0 Å². The summed E-state index contributed by atoms with van der Waals surface area (Å²) in [5.74, 6) is 1.42. The van der Waals surface area contributed by atoms with E-state index in [0.717, 1.165) is 22.6 Å². The molecule has 0 bridgehead atoms. The largest absolute Gasteiger partial charge is 0.493 e. The van der Waals surface area contributed by atoms with Gasteiger partial charge in [0.25, 0.3) is 5.91 Å². The number of benzene rings is 2. The molecule has 2 aromatic rings. The minimum Gasteiger partial charge on any atom is -0.493 e. The smallest absolute Gasteiger partial charge is 0.251 e. The van der Waals surface area contributed by atoms with E-state index in [1.165, 1.54) is 0 Å². The van der Waals surface area contributed by atoms with Crippen LogP contribution in [0.1, 0.15) is 56.1 Å². The van der Waals surface area contributed by atoms with Crippen LogP contribution in [0.3, 0.4) is 0 Å². The van der Waals surface area contributed by atoms with Crippen LogP contribution in [0.2, 0.25) is 0 Å². The number of hydrogen-bond donors (Lipinski definition) is 1. The van der Waals surface area contributed by atoms with Crippen LogP contribution in [-0.4, -0.2) is 32.3 Å². The molecule has 1 amide bonds. The monoisotopic (exact) mass is 399 g/mol. The summed E-state index contributed by atoms with van der Waals surface area (Å²) < 4.78 is 17.0. The van der Waals surface area contributed by atoms with Crippen molar-refractivity contribution in [1.29, 1.82) is 0 Å². The molecule has 0 unspecified atom stereocenters. The van der Waals surface area contributed by atoms with Crippen LogP contribution in [0.4, 0.5) is 0 Å². The van der Waals surface area contributed by atoms with Crippen molar-refractivity contribution in [3.8, 4) is 11.5 Å². The van der Waals surface area contributed by atoms with Crippen LogP contribution in [0.5, 0.6) is 11.5 Å². The Balaban J connectivity index is 2.24. The zero-order valence-corrected chi connectivity index (χ0v) is 18.4. The highest BCUT2D eigenvalue weighted by atomic mass is 16.5. The average Bonchev–Trinajstić information content (AvgIpc) is 2.67. The van der Waals surface area contributed by atoms with E-state index in [2.05, 4.69) is 32.2 Å². The fraction of sp³-hybridized carbons (Fsp3) is 0.458. The van der Waals surface area contributed by atoms with Gasteiger partial charge in [-0.15, -0.1) is 0 Å². The van der Waals surface area contributed by atoms with E-state index in [0.29, 0.717) is 25.4 Å². The first-order valence-corrected chi connectivity index (χ1v) is 10.0. The second-order valence-corrected chi connectivity index (χ2v) is 8.12. The highest BCUT2D eigenvalue weighted by molar-refractivity contribution is 5.94. The molecular formula is C24H33NO4. The van der Waals surface area contributed by atoms with Crippen molar-refractivity contribution in [3.63, 3.8) is 0 Å². The second kappa shape index (κ2) is 10.3. The molecule has 0 aliphatic carbocycles. The Morgan fingerprint density at radius 3 is 2.45 bits per heavy atom. The Labute approximate surface area is 174 Å². The molecule has 0 aromatic heterocycles. The van der Waals surface area contributed by atoms with Gasteiger partial charge in [0.1, 0.15) is 18.1 Å². The normalized spacial score (nSPS) is 12.3. The molecule has 0 saturated carbocycles. The molecule has 0 spiro atoms. The summed E-state index contributed by atoms with van der Waals surface area (Å²) in [6.45, 7) is 11.6. The summed E-state index contributed by atoms with van der Waals surface area (Å²) >= 11 is 0. The standard InChI is InChI=1S/C24H33NO4/c1-7-28-21-13-12-18(23(26)25-17(2)15-27-6)14-19(21)16-29-22-11-9-8-10-20(22)24(3,4)5/h8-14,17H,7,15-16H2,1-6H3,(H,25,26)/t17-/m0/s1. The van der Waals surface area contributed by atoms with Crippen LogP contribution in [0, 0.1) is 0 Å². The van der Waals surface area contributed by atoms with E-state index in [1.807, 2.05) is 44.2 Å². The summed E-state index contributed by atoms with van der Waals surface area (Å²) in [7, 11) is 1.62. The summed E-state index contributed by atoms with van der Waals surface area (Å²) in [5.41, 5.74) is 2.51. The Bertz CT molecular complexity index is 811. The van der Waals surface area contributed by atoms with Crippen LogP contribution in [0.15, 0.2) is 42.5 Å². The number of rotatable bonds is 9. The Morgan fingerprint density at radius 1 is 1.07 bits per heavy atom. The van der Waals surface area contributed by atoms with Gasteiger partial charge in [0.05, 0.1) is 13.2 Å². The molecule has 2 aromatic carbocycles. The molecule has 2 rings (SSSR count). The molecule has 5 nitrogen and oxygen atoms in total. The Hall–Kier alpha value is -2.53. The van der Waals surface area contributed by atoms with E-state index in [-0.39, 0.29) is 17.4 Å². The number of carbonyl (C=O) groups is 1. The van der Waals surface area contributed by atoms with E-state index >= 15 is 0 Å². The lowest BCUT2D eigenvalue weighted by Gasteiger charge is -2.23. The molecule has 0 fully saturated rings. The van der Waals surface area contributed by atoms with E-state index in [9.17, 15) is 4.79 Å². The summed E-state index contributed by atoms with van der Waals surface area (Å²) in [6.07, 6.45) is 0. The summed E-state index contributed by atoms with van der Waals surface area (Å²) in [5, 5.41) is 2.93. The van der Waals surface area contributed by atoms with Crippen molar-refractivity contribution in [2.45, 2.75) is 52.7 Å². The van der Waals surface area contributed by atoms with Crippen LogP contribution >= 0.6 is 0 Å². The lowest BCUT2D eigenvalue weighted by atomic mass is 9.86. The molecule has 0 radical (unpaired) electrons. The topological polar surface area (TPSA) is 56.8 Å². The number of nitrogens with one attached hydrogen (secondary N) is 1. The SMILES string of the molecule is CCOc1ccc(C(=O)N[C@@H](C)COC)cc1COc1ccccc1C(C)(C)C. The molecule has 0 aliphatic rings. The van der Waals surface area contributed by atoms with Crippen LogP contribution in [0.25, 0.3) is 0 Å². The minimum absolute atomic E-state index is 0.0292. The molecule has 0 aliphatic heterocycles. The van der Waals surface area contributed by atoms with Crippen molar-refractivity contribution in [2.75, 3.05) is 20.3 Å². The van der Waals surface area contributed by atoms with Gasteiger partial charge in [0.15, 0.2) is 0 Å². The fourth-order valence-electron chi connectivity index (χ4n) is 3.10. The maximum Gasteiger partial charge on any atom is 0.251 e. The minimum atomic E-state index is -0.144. The van der Waals surface area contributed by atoms with Gasteiger partial charge in [0, 0.05) is 24.3 Å². The van der Waals surface area contributed by atoms with Gasteiger partial charge in [-0.25, -0.2) is 0 Å². The quantitative estimate of drug-likeness (QED) is 0.662. The van der Waals surface area contributed by atoms with Gasteiger partial charge in [0.2, 0.25) is 0 Å². The summed E-state index contributed by atoms with van der Waals surface area (Å²) in [6, 6.07) is 13.4. The van der Waals surface area contributed by atoms with Gasteiger partial charge in [-0.05, 0) is 49.1 Å². The van der Waals surface area contributed by atoms with Gasteiger partial charge >= 0.3 is 0 Å². The maximum absolute atomic E-state index is 12.6. The van der Waals surface area contributed by atoms with Gasteiger partial charge in [-0.3, -0.25) is 4.79 Å². The molecule has 0 saturated heterocycles. The highest BCUT2D eigenvalue weighted by Gasteiger charge is 2.19. The Morgan fingerprint density at radius 2 is 1.79 bits per heavy atom. The van der Waals surface area contributed by atoms with E-state index in [4.69, 9.17) is 14.2 Å². The van der Waals surface area contributed by atoms with Crippen molar-refractivity contribution in [2.24, 2.45) is 0 Å². The lowest BCUT2D eigenvalue weighted by Crippen LogP contribution is -2.35. The number of hydrogen-bond acceptors (Lipinski definition) is 4. The number of amides is 1. The predicted molar refractivity (Wildman–Crippen MR) is 116 cm³/mol. The zero-order valence-electron chi connectivity index (χ0n) is 18.4. The van der Waals surface area contributed by atoms with Crippen molar-refractivity contribution < 1.29 is 19.0 Å². The number of ether oxygens (including phenoxy) is 3. The maximum atomic E-state index is 12.6. The molecule has 29 heavy (non-hydrogen) atoms. The third-order valence-corrected chi connectivity index (χ3v) is 4.49. The first kappa shape index (κ1) is 22.8. The molecule has 158 valence electrons. The van der Waals surface area contributed by atoms with Crippen LogP contribution < -0.4 is 14.8 Å². The summed E-state index contributed by atoms with van der Waals surface area (Å²) in [4.78, 5) is 12.6. The third-order valence-electron chi connectivity index (χ3n) is 4.49. The average molecular weight is 400 g/mol. The predicted octanol–water partition coefficient (Wildman–Crippen LogP) is 4.73. The van der Waals surface area contributed by atoms with Crippen LogP contribution in [-0.2, 0) is 16.8 Å². The van der Waals surface area contributed by atoms with Crippen molar-refractivity contribution in [3.05, 3.63) is 59.2 Å².